The summed E-state index contributed by atoms with van der Waals surface area (Å²) < 4.78 is 2.86. The summed E-state index contributed by atoms with van der Waals surface area (Å²) in [6.45, 7) is 0. The molecule has 0 saturated heterocycles. The standard InChI is InChI=1S/C3H3N8S2/c1-10-3(5-7-8-10)13-11-2(12)4-6-9-11/h1H3. The largest absolute Gasteiger partial charge is 0.251 e. The normalized spacial score (nSPS) is 10.5. The number of nitrogens with zero attached hydrogens (tertiary/aromatic N) is 8. The summed E-state index contributed by atoms with van der Waals surface area (Å²) in [4.78, 5) is 0. The summed E-state index contributed by atoms with van der Waals surface area (Å²) in [5.74, 6) is 0. The zero-order chi connectivity index (χ0) is 9.26. The van der Waals surface area contributed by atoms with Crippen LogP contribution in [0.3, 0.4) is 0 Å². The summed E-state index contributed by atoms with van der Waals surface area (Å²) in [6, 6.07) is 0. The Hall–Kier alpha value is -1.29. The Balaban J connectivity index is 2.24. The van der Waals surface area contributed by atoms with Crippen LogP contribution < -0.4 is 0 Å². The van der Waals surface area contributed by atoms with Gasteiger partial charge in [-0.3, -0.25) is 0 Å². The lowest BCUT2D eigenvalue weighted by molar-refractivity contribution is 0.661. The van der Waals surface area contributed by atoms with Gasteiger partial charge in [0.1, 0.15) is 0 Å². The highest BCUT2D eigenvalue weighted by Crippen LogP contribution is 2.16. The van der Waals surface area contributed by atoms with Gasteiger partial charge in [-0.25, -0.2) is 4.68 Å². The first-order chi connectivity index (χ1) is 6.27. The Morgan fingerprint density at radius 1 is 1.23 bits per heavy atom. The molecule has 0 spiro atoms. The van der Waals surface area contributed by atoms with Crippen molar-refractivity contribution in [3.05, 3.63) is 0 Å². The summed E-state index contributed by atoms with van der Waals surface area (Å²) >= 11 is 5.99. The van der Waals surface area contributed by atoms with E-state index in [0.29, 0.717) is 5.16 Å². The predicted molar refractivity (Wildman–Crippen MR) is 43.7 cm³/mol. The van der Waals surface area contributed by atoms with E-state index in [2.05, 4.69) is 31.1 Å². The zero-order valence-corrected chi connectivity index (χ0v) is 8.03. The van der Waals surface area contributed by atoms with E-state index in [9.17, 15) is 0 Å². The van der Waals surface area contributed by atoms with Crippen molar-refractivity contribution in [2.24, 2.45) is 7.05 Å². The predicted octanol–water partition coefficient (Wildman–Crippen LogP) is -0.692. The molecular formula is C3H3N8S2. The molecule has 0 fully saturated rings. The van der Waals surface area contributed by atoms with Crippen LogP contribution in [0.1, 0.15) is 0 Å². The van der Waals surface area contributed by atoms with E-state index >= 15 is 0 Å². The van der Waals surface area contributed by atoms with Crippen LogP contribution in [0.2, 0.25) is 0 Å². The van der Waals surface area contributed by atoms with Gasteiger partial charge in [0.05, 0.1) is 11.9 Å². The highest BCUT2D eigenvalue weighted by Gasteiger charge is 2.09. The average Bonchev–Trinajstić information content (AvgIpc) is 2.65. The van der Waals surface area contributed by atoms with E-state index in [1.807, 2.05) is 0 Å². The van der Waals surface area contributed by atoms with Crippen molar-refractivity contribution < 1.29 is 0 Å². The highest BCUT2D eigenvalue weighted by atomic mass is 32.2. The number of tetrazole rings is 2. The fourth-order valence-corrected chi connectivity index (χ4v) is 1.36. The quantitative estimate of drug-likeness (QED) is 0.655. The molecule has 0 aliphatic heterocycles. The summed E-state index contributed by atoms with van der Waals surface area (Å²) in [5.41, 5.74) is 0. The summed E-state index contributed by atoms with van der Waals surface area (Å²) in [7, 11) is 1.72. The van der Waals surface area contributed by atoms with Crippen molar-refractivity contribution in [1.82, 2.24) is 39.8 Å². The maximum atomic E-state index is 4.83. The number of hydrogen-bond acceptors (Lipinski definition) is 7. The molecule has 0 aliphatic carbocycles. The van der Waals surface area contributed by atoms with Crippen molar-refractivity contribution in [3.63, 3.8) is 0 Å². The van der Waals surface area contributed by atoms with Gasteiger partial charge >= 0.3 is 0 Å². The van der Waals surface area contributed by atoms with Crippen molar-refractivity contribution in [2.45, 2.75) is 10.3 Å². The molecule has 8 nitrogen and oxygen atoms in total. The highest BCUT2D eigenvalue weighted by molar-refractivity contribution is 7.97. The molecule has 0 aromatic carbocycles. The van der Waals surface area contributed by atoms with E-state index in [-0.39, 0.29) is 5.16 Å². The SMILES string of the molecule is Cn1nnnc1Sn1nnnc1[S]. The van der Waals surface area contributed by atoms with Gasteiger partial charge in [0.2, 0.25) is 5.16 Å². The molecular weight excluding hydrogens is 212 g/mol. The number of aromatic nitrogens is 8. The van der Waals surface area contributed by atoms with Crippen LogP contribution in [0.15, 0.2) is 10.3 Å². The lowest BCUT2D eigenvalue weighted by Gasteiger charge is -1.95. The minimum absolute atomic E-state index is 0.285. The molecule has 0 saturated carbocycles. The maximum Gasteiger partial charge on any atom is 0.251 e. The van der Waals surface area contributed by atoms with Crippen LogP contribution >= 0.6 is 24.6 Å². The molecule has 1 radical (unpaired) electrons. The molecule has 0 atom stereocenters. The molecule has 13 heavy (non-hydrogen) atoms. The maximum absolute atomic E-state index is 4.83. The molecule has 0 bridgehead atoms. The Morgan fingerprint density at radius 3 is 2.54 bits per heavy atom. The topological polar surface area (TPSA) is 87.2 Å². The Kier molecular flexibility index (Phi) is 2.06. The second-order valence-electron chi connectivity index (χ2n) is 2.01. The lowest BCUT2D eigenvalue weighted by atomic mass is 11.2. The molecule has 67 valence electrons. The van der Waals surface area contributed by atoms with Gasteiger partial charge in [-0.2, -0.15) is 0 Å². The van der Waals surface area contributed by atoms with Crippen molar-refractivity contribution in [1.29, 1.82) is 0 Å². The van der Waals surface area contributed by atoms with Gasteiger partial charge in [-0.05, 0) is 33.5 Å². The number of rotatable bonds is 2. The molecule has 0 aliphatic rings. The third kappa shape index (κ3) is 1.58. The van der Waals surface area contributed by atoms with Crippen LogP contribution in [-0.2, 0) is 7.05 Å². The van der Waals surface area contributed by atoms with E-state index in [1.165, 1.54) is 8.77 Å². The smallest absolute Gasteiger partial charge is 0.222 e. The average molecular weight is 215 g/mol. The second kappa shape index (κ2) is 3.22. The number of hydrogen-bond donors (Lipinski definition) is 0. The van der Waals surface area contributed by atoms with Crippen molar-refractivity contribution in [3.8, 4) is 0 Å². The molecule has 2 aromatic heterocycles. The molecule has 0 unspecified atom stereocenters. The van der Waals surface area contributed by atoms with Crippen LogP contribution in [0.4, 0.5) is 0 Å². The van der Waals surface area contributed by atoms with Gasteiger partial charge in [-0.1, -0.05) is 10.2 Å². The van der Waals surface area contributed by atoms with E-state index in [4.69, 9.17) is 12.6 Å². The Bertz CT molecular complexity index is 367. The molecule has 2 heterocycles. The minimum atomic E-state index is 0.285. The molecule has 2 rings (SSSR count). The third-order valence-electron chi connectivity index (χ3n) is 1.16. The second-order valence-corrected chi connectivity index (χ2v) is 3.27. The fourth-order valence-electron chi connectivity index (χ4n) is 0.604. The molecule has 0 amide bonds. The van der Waals surface area contributed by atoms with Crippen LogP contribution in [0, 0.1) is 0 Å². The van der Waals surface area contributed by atoms with E-state index in [1.54, 1.807) is 7.05 Å². The van der Waals surface area contributed by atoms with Gasteiger partial charge < -0.3 is 0 Å². The van der Waals surface area contributed by atoms with Gasteiger partial charge in [0.15, 0.2) is 0 Å². The van der Waals surface area contributed by atoms with Gasteiger partial charge in [-0.15, -0.1) is 4.09 Å². The van der Waals surface area contributed by atoms with Gasteiger partial charge in [0.25, 0.3) is 5.16 Å². The zero-order valence-electron chi connectivity index (χ0n) is 6.39. The first-order valence-corrected chi connectivity index (χ1v) is 4.31. The molecule has 2 aromatic rings. The van der Waals surface area contributed by atoms with Gasteiger partial charge in [0, 0.05) is 7.05 Å². The first kappa shape index (κ1) is 8.31. The molecule has 10 heteroatoms. The van der Waals surface area contributed by atoms with Crippen molar-refractivity contribution >= 4 is 24.6 Å². The van der Waals surface area contributed by atoms with Crippen LogP contribution in [0.5, 0.6) is 0 Å². The van der Waals surface area contributed by atoms with Crippen LogP contribution in [0.25, 0.3) is 0 Å². The monoisotopic (exact) mass is 215 g/mol. The number of aryl methyl sites for hydroxylation is 1. The summed E-state index contributed by atoms with van der Waals surface area (Å²) in [5, 5.41) is 22.3. The Morgan fingerprint density at radius 2 is 2.00 bits per heavy atom. The summed E-state index contributed by atoms with van der Waals surface area (Å²) in [6.07, 6.45) is 0. The first-order valence-electron chi connectivity index (χ1n) is 3.13. The van der Waals surface area contributed by atoms with Crippen LogP contribution in [-0.4, -0.2) is 39.8 Å². The van der Waals surface area contributed by atoms with E-state index < -0.39 is 0 Å². The lowest BCUT2D eigenvalue weighted by Crippen LogP contribution is -1.97. The van der Waals surface area contributed by atoms with E-state index in [0.717, 1.165) is 11.9 Å². The van der Waals surface area contributed by atoms with Crippen molar-refractivity contribution in [2.75, 3.05) is 0 Å². The third-order valence-corrected chi connectivity index (χ3v) is 2.46. The fraction of sp³-hybridized carbons (Fsp3) is 0.333. The Labute approximate surface area is 82.2 Å². The minimum Gasteiger partial charge on any atom is -0.222 e. The molecule has 0 N–H and O–H groups in total.